The molecule has 0 spiro atoms. The van der Waals surface area contributed by atoms with Gasteiger partial charge < -0.3 is 25.3 Å². The van der Waals surface area contributed by atoms with E-state index in [1.807, 2.05) is 7.05 Å². The first kappa shape index (κ1) is 24.0. The number of halogens is 1. The summed E-state index contributed by atoms with van der Waals surface area (Å²) in [5.74, 6) is 0.928. The Morgan fingerprint density at radius 1 is 1.24 bits per heavy atom. The van der Waals surface area contributed by atoms with Crippen LogP contribution < -0.4 is 10.6 Å². The number of aromatic amines is 1. The summed E-state index contributed by atoms with van der Waals surface area (Å²) in [7, 11) is 3.63. The predicted molar refractivity (Wildman–Crippen MR) is 132 cm³/mol. The molecule has 7 heteroatoms. The number of aryl methyl sites for hydroxylation is 1. The number of hydrogen-bond acceptors (Lipinski definition) is 3. The molecule has 0 amide bonds. The van der Waals surface area contributed by atoms with Gasteiger partial charge in [0.25, 0.3) is 0 Å². The van der Waals surface area contributed by atoms with E-state index in [4.69, 9.17) is 4.74 Å². The first-order valence-electron chi connectivity index (χ1n) is 10.5. The van der Waals surface area contributed by atoms with Crippen molar-refractivity contribution in [3.8, 4) is 0 Å². The molecule has 2 aromatic rings. The highest BCUT2D eigenvalue weighted by Crippen LogP contribution is 2.18. The molecule has 1 aromatic heterocycles. The van der Waals surface area contributed by atoms with Crippen molar-refractivity contribution >= 4 is 40.8 Å². The summed E-state index contributed by atoms with van der Waals surface area (Å²) in [5.41, 5.74) is 2.61. The average molecular weight is 513 g/mol. The van der Waals surface area contributed by atoms with E-state index in [0.29, 0.717) is 6.04 Å². The maximum absolute atomic E-state index is 5.15. The first-order chi connectivity index (χ1) is 13.8. The molecule has 3 N–H and O–H groups in total. The molecule has 0 radical (unpaired) electrons. The van der Waals surface area contributed by atoms with Gasteiger partial charge in [-0.25, -0.2) is 0 Å². The number of aliphatic imine (C=N–C) groups is 1. The van der Waals surface area contributed by atoms with E-state index in [2.05, 4.69) is 56.0 Å². The lowest BCUT2D eigenvalue weighted by Gasteiger charge is -2.33. The van der Waals surface area contributed by atoms with Crippen LogP contribution in [0, 0.1) is 0 Å². The van der Waals surface area contributed by atoms with Crippen LogP contribution >= 0.6 is 24.0 Å². The second-order valence-electron chi connectivity index (χ2n) is 7.57. The molecule has 0 aliphatic carbocycles. The zero-order chi connectivity index (χ0) is 19.6. The van der Waals surface area contributed by atoms with Crippen molar-refractivity contribution in [2.45, 2.75) is 38.1 Å². The van der Waals surface area contributed by atoms with Crippen LogP contribution in [0.2, 0.25) is 0 Å². The highest BCUT2D eigenvalue weighted by Gasteiger charge is 2.19. The van der Waals surface area contributed by atoms with E-state index in [1.165, 1.54) is 29.3 Å². The van der Waals surface area contributed by atoms with Crippen molar-refractivity contribution in [1.82, 2.24) is 20.5 Å². The molecule has 0 saturated carbocycles. The highest BCUT2D eigenvalue weighted by molar-refractivity contribution is 14.0. The van der Waals surface area contributed by atoms with Crippen LogP contribution in [0.15, 0.2) is 35.5 Å². The Kier molecular flexibility index (Phi) is 10.8. The van der Waals surface area contributed by atoms with Gasteiger partial charge in [-0.3, -0.25) is 4.99 Å². The van der Waals surface area contributed by atoms with E-state index in [0.717, 1.165) is 58.0 Å². The molecule has 1 aromatic carbocycles. The third-order valence-electron chi connectivity index (χ3n) is 5.57. The van der Waals surface area contributed by atoms with E-state index in [-0.39, 0.29) is 24.0 Å². The Labute approximate surface area is 191 Å². The summed E-state index contributed by atoms with van der Waals surface area (Å²) in [5, 5.41) is 8.41. The van der Waals surface area contributed by atoms with Crippen molar-refractivity contribution in [2.75, 3.05) is 46.9 Å². The number of likely N-dealkylation sites (tertiary alicyclic amines) is 1. The monoisotopic (exact) mass is 513 g/mol. The lowest BCUT2D eigenvalue weighted by atomic mass is 10.1. The Bertz CT molecular complexity index is 740. The number of hydrogen-bond donors (Lipinski definition) is 3. The molecular formula is C22H36IN5O. The third-order valence-corrected chi connectivity index (χ3v) is 5.57. The van der Waals surface area contributed by atoms with Crippen LogP contribution in [0.3, 0.4) is 0 Å². The van der Waals surface area contributed by atoms with Gasteiger partial charge in [0, 0.05) is 70.1 Å². The SMILES string of the molecule is CN=C(NCCCc1c[nH]c2ccccc12)NC1CCN(CCCOC)CC1.I. The fourth-order valence-electron chi connectivity index (χ4n) is 3.95. The van der Waals surface area contributed by atoms with Gasteiger partial charge in [0.1, 0.15) is 0 Å². The quantitative estimate of drug-likeness (QED) is 0.208. The molecule has 29 heavy (non-hydrogen) atoms. The number of benzene rings is 1. The molecule has 1 aliphatic rings. The zero-order valence-corrected chi connectivity index (χ0v) is 20.1. The molecule has 0 bridgehead atoms. The molecule has 0 atom stereocenters. The van der Waals surface area contributed by atoms with Gasteiger partial charge in [0.15, 0.2) is 5.96 Å². The Balaban J connectivity index is 0.00000300. The van der Waals surface area contributed by atoms with Crippen molar-refractivity contribution < 1.29 is 4.74 Å². The standard InChI is InChI=1S/C22H35N5O.HI/c1-23-22(26-19-10-14-27(15-11-19)13-6-16-28-2)24-12-5-7-18-17-25-21-9-4-3-8-20(18)21;/h3-4,8-9,17,19,25H,5-7,10-16H2,1-2H3,(H2,23,24,26);1H. The highest BCUT2D eigenvalue weighted by atomic mass is 127. The van der Waals surface area contributed by atoms with E-state index in [1.54, 1.807) is 7.11 Å². The number of piperidine rings is 1. The number of rotatable bonds is 9. The number of H-pyrrole nitrogens is 1. The lowest BCUT2D eigenvalue weighted by molar-refractivity contribution is 0.155. The summed E-state index contributed by atoms with van der Waals surface area (Å²) in [4.78, 5) is 10.3. The van der Waals surface area contributed by atoms with Crippen molar-refractivity contribution in [1.29, 1.82) is 0 Å². The van der Waals surface area contributed by atoms with Gasteiger partial charge in [-0.1, -0.05) is 18.2 Å². The van der Waals surface area contributed by atoms with Crippen LogP contribution in [0.25, 0.3) is 10.9 Å². The second-order valence-corrected chi connectivity index (χ2v) is 7.57. The minimum atomic E-state index is 0. The molecule has 3 rings (SSSR count). The number of ether oxygens (including phenoxy) is 1. The van der Waals surface area contributed by atoms with Gasteiger partial charge in [0.2, 0.25) is 0 Å². The van der Waals surface area contributed by atoms with Crippen LogP contribution in [-0.2, 0) is 11.2 Å². The number of nitrogens with one attached hydrogen (secondary N) is 3. The van der Waals surface area contributed by atoms with E-state index < -0.39 is 0 Å². The lowest BCUT2D eigenvalue weighted by Crippen LogP contribution is -2.49. The molecule has 1 fully saturated rings. The minimum absolute atomic E-state index is 0. The van der Waals surface area contributed by atoms with Crippen LogP contribution in [0.1, 0.15) is 31.2 Å². The maximum Gasteiger partial charge on any atom is 0.191 e. The first-order valence-corrected chi connectivity index (χ1v) is 10.5. The topological polar surface area (TPSA) is 64.7 Å². The van der Waals surface area contributed by atoms with Gasteiger partial charge in [-0.15, -0.1) is 24.0 Å². The molecule has 1 aliphatic heterocycles. The molecule has 6 nitrogen and oxygen atoms in total. The maximum atomic E-state index is 5.15. The zero-order valence-electron chi connectivity index (χ0n) is 17.7. The van der Waals surface area contributed by atoms with Crippen LogP contribution in [0.4, 0.5) is 0 Å². The summed E-state index contributed by atoms with van der Waals surface area (Å²) >= 11 is 0. The van der Waals surface area contributed by atoms with E-state index >= 15 is 0 Å². The molecule has 1 saturated heterocycles. The number of para-hydroxylation sites is 1. The Hall–Kier alpha value is -1.32. The van der Waals surface area contributed by atoms with Crippen molar-refractivity contribution in [3.05, 3.63) is 36.0 Å². The number of fused-ring (bicyclic) bond motifs is 1. The van der Waals surface area contributed by atoms with Gasteiger partial charge in [0.05, 0.1) is 0 Å². The normalized spacial score (nSPS) is 16.0. The van der Waals surface area contributed by atoms with Crippen LogP contribution in [0.5, 0.6) is 0 Å². The average Bonchev–Trinajstić information content (AvgIpc) is 3.15. The van der Waals surface area contributed by atoms with Crippen molar-refractivity contribution in [3.63, 3.8) is 0 Å². The smallest absolute Gasteiger partial charge is 0.191 e. The van der Waals surface area contributed by atoms with Crippen molar-refractivity contribution in [2.24, 2.45) is 4.99 Å². The Morgan fingerprint density at radius 2 is 2.03 bits per heavy atom. The predicted octanol–water partition coefficient (Wildman–Crippen LogP) is 3.38. The number of guanidine groups is 1. The summed E-state index contributed by atoms with van der Waals surface area (Å²) in [6, 6.07) is 9.01. The molecular weight excluding hydrogens is 477 g/mol. The Morgan fingerprint density at radius 3 is 2.79 bits per heavy atom. The molecule has 0 unspecified atom stereocenters. The summed E-state index contributed by atoms with van der Waals surface area (Å²) in [6.07, 6.45) is 7.74. The summed E-state index contributed by atoms with van der Waals surface area (Å²) < 4.78 is 5.15. The molecule has 2 heterocycles. The fraction of sp³-hybridized carbons (Fsp3) is 0.591. The van der Waals surface area contributed by atoms with Gasteiger partial charge in [-0.2, -0.15) is 0 Å². The fourth-order valence-corrected chi connectivity index (χ4v) is 3.95. The van der Waals surface area contributed by atoms with Gasteiger partial charge >= 0.3 is 0 Å². The van der Waals surface area contributed by atoms with E-state index in [9.17, 15) is 0 Å². The largest absolute Gasteiger partial charge is 0.385 e. The number of methoxy groups -OCH3 is 1. The summed E-state index contributed by atoms with van der Waals surface area (Å²) in [6.45, 7) is 5.22. The van der Waals surface area contributed by atoms with Crippen LogP contribution in [-0.4, -0.2) is 68.8 Å². The molecule has 162 valence electrons. The number of aromatic nitrogens is 1. The minimum Gasteiger partial charge on any atom is -0.385 e. The van der Waals surface area contributed by atoms with Gasteiger partial charge in [-0.05, 0) is 43.7 Å². The third kappa shape index (κ3) is 7.46. The second kappa shape index (κ2) is 13.1. The number of nitrogens with zero attached hydrogens (tertiary/aromatic N) is 2.